The SMILES string of the molecule is CN1CCC(O)C1.[H-].[Na+]. The summed E-state index contributed by atoms with van der Waals surface area (Å²) in [4.78, 5) is 2.13. The van der Waals surface area contributed by atoms with E-state index in [-0.39, 0.29) is 37.1 Å². The maximum absolute atomic E-state index is 8.86. The molecule has 1 aliphatic heterocycles. The molecule has 0 aliphatic carbocycles. The Labute approximate surface area is 73.6 Å². The molecule has 1 saturated heterocycles. The largest absolute Gasteiger partial charge is 1.00 e. The van der Waals surface area contributed by atoms with Gasteiger partial charge in [0.15, 0.2) is 0 Å². The van der Waals surface area contributed by atoms with Crippen LogP contribution in [0.3, 0.4) is 0 Å². The van der Waals surface area contributed by atoms with E-state index in [0.717, 1.165) is 19.5 Å². The molecule has 0 saturated carbocycles. The summed E-state index contributed by atoms with van der Waals surface area (Å²) in [5.74, 6) is 0. The predicted octanol–water partition coefficient (Wildman–Crippen LogP) is -3.20. The second-order valence-corrected chi connectivity index (χ2v) is 2.20. The molecule has 0 radical (unpaired) electrons. The molecule has 2 nitrogen and oxygen atoms in total. The minimum absolute atomic E-state index is 0. The molecular weight excluding hydrogens is 113 g/mol. The normalized spacial score (nSPS) is 30.0. The Bertz CT molecular complexity index is 66.0. The molecule has 1 unspecified atom stereocenters. The number of likely N-dealkylation sites (tertiary alicyclic amines) is 1. The first-order valence-corrected chi connectivity index (χ1v) is 2.65. The van der Waals surface area contributed by atoms with Crippen LogP contribution in [0.2, 0.25) is 0 Å². The number of nitrogens with zero attached hydrogens (tertiary/aromatic N) is 1. The van der Waals surface area contributed by atoms with E-state index in [4.69, 9.17) is 5.11 Å². The van der Waals surface area contributed by atoms with Crippen molar-refractivity contribution < 1.29 is 36.1 Å². The quantitative estimate of drug-likeness (QED) is 0.345. The van der Waals surface area contributed by atoms with Gasteiger partial charge in [0, 0.05) is 13.1 Å². The fourth-order valence-corrected chi connectivity index (χ4v) is 0.912. The number of aliphatic hydroxyl groups excluding tert-OH is 1. The Morgan fingerprint density at radius 1 is 1.75 bits per heavy atom. The molecule has 1 rings (SSSR count). The van der Waals surface area contributed by atoms with Crippen molar-refractivity contribution in [3.8, 4) is 0 Å². The molecule has 0 aromatic carbocycles. The number of β-amino-alcohol motifs (C(OH)–C–C–N with tert-alkyl or cyclic N) is 1. The number of hydrogen-bond acceptors (Lipinski definition) is 2. The second-order valence-electron chi connectivity index (χ2n) is 2.20. The average Bonchev–Trinajstić information content (AvgIpc) is 1.87. The Hall–Kier alpha value is 0.920. The van der Waals surface area contributed by atoms with Gasteiger partial charge in [0.1, 0.15) is 0 Å². The zero-order chi connectivity index (χ0) is 5.28. The van der Waals surface area contributed by atoms with Crippen molar-refractivity contribution >= 4 is 0 Å². The third-order valence-corrected chi connectivity index (χ3v) is 1.37. The minimum atomic E-state index is -0.0509. The van der Waals surface area contributed by atoms with Crippen molar-refractivity contribution in [1.29, 1.82) is 0 Å². The van der Waals surface area contributed by atoms with Gasteiger partial charge < -0.3 is 11.4 Å². The second kappa shape index (κ2) is 3.85. The maximum atomic E-state index is 8.86. The Morgan fingerprint density at radius 3 is 2.50 bits per heavy atom. The van der Waals surface area contributed by atoms with Crippen LogP contribution in [0.5, 0.6) is 0 Å². The molecule has 44 valence electrons. The van der Waals surface area contributed by atoms with Crippen LogP contribution in [0.25, 0.3) is 0 Å². The smallest absolute Gasteiger partial charge is 1.00 e. The molecular formula is C5H12NNaO. The Kier molecular flexibility index (Phi) is 4.30. The summed E-state index contributed by atoms with van der Waals surface area (Å²) in [7, 11) is 2.02. The summed E-state index contributed by atoms with van der Waals surface area (Å²) in [5.41, 5.74) is 0. The zero-order valence-electron chi connectivity index (χ0n) is 6.59. The monoisotopic (exact) mass is 125 g/mol. The molecule has 1 N–H and O–H groups in total. The Morgan fingerprint density at radius 2 is 2.38 bits per heavy atom. The van der Waals surface area contributed by atoms with Gasteiger partial charge in [0.05, 0.1) is 6.10 Å². The summed E-state index contributed by atoms with van der Waals surface area (Å²) in [6.07, 6.45) is 0.904. The van der Waals surface area contributed by atoms with Crippen molar-refractivity contribution in [1.82, 2.24) is 4.90 Å². The van der Waals surface area contributed by atoms with Gasteiger partial charge in [0.25, 0.3) is 0 Å². The fourth-order valence-electron chi connectivity index (χ4n) is 0.912. The van der Waals surface area contributed by atoms with E-state index in [1.165, 1.54) is 0 Å². The third kappa shape index (κ3) is 2.46. The van der Waals surface area contributed by atoms with E-state index in [2.05, 4.69) is 4.90 Å². The van der Waals surface area contributed by atoms with E-state index in [1.54, 1.807) is 0 Å². The maximum Gasteiger partial charge on any atom is 1.00 e. The van der Waals surface area contributed by atoms with Crippen LogP contribution < -0.4 is 29.6 Å². The summed E-state index contributed by atoms with van der Waals surface area (Å²) in [6, 6.07) is 0. The summed E-state index contributed by atoms with van der Waals surface area (Å²) >= 11 is 0. The molecule has 3 heteroatoms. The van der Waals surface area contributed by atoms with Gasteiger partial charge in [-0.05, 0) is 13.5 Å². The van der Waals surface area contributed by atoms with E-state index < -0.39 is 0 Å². The van der Waals surface area contributed by atoms with Gasteiger partial charge in [0.2, 0.25) is 0 Å². The number of likely N-dealkylation sites (N-methyl/N-ethyl adjacent to an activating group) is 1. The molecule has 8 heavy (non-hydrogen) atoms. The van der Waals surface area contributed by atoms with Crippen LogP contribution in [-0.4, -0.2) is 36.2 Å². The molecule has 1 fully saturated rings. The van der Waals surface area contributed by atoms with E-state index in [0.29, 0.717) is 0 Å². The van der Waals surface area contributed by atoms with Crippen LogP contribution >= 0.6 is 0 Å². The van der Waals surface area contributed by atoms with E-state index in [9.17, 15) is 0 Å². The van der Waals surface area contributed by atoms with Crippen LogP contribution in [-0.2, 0) is 0 Å². The molecule has 0 spiro atoms. The molecule has 0 aromatic heterocycles. The van der Waals surface area contributed by atoms with Gasteiger partial charge in [-0.2, -0.15) is 0 Å². The first kappa shape index (κ1) is 8.92. The summed E-state index contributed by atoms with van der Waals surface area (Å²) in [6.45, 7) is 1.92. The number of hydrogen-bond donors (Lipinski definition) is 1. The Balaban J connectivity index is 0. The van der Waals surface area contributed by atoms with Crippen molar-refractivity contribution in [2.75, 3.05) is 20.1 Å². The van der Waals surface area contributed by atoms with Gasteiger partial charge in [-0.15, -0.1) is 0 Å². The van der Waals surface area contributed by atoms with Gasteiger partial charge >= 0.3 is 29.6 Å². The molecule has 1 atom stereocenters. The number of aliphatic hydroxyl groups is 1. The molecule has 0 bridgehead atoms. The molecule has 0 aromatic rings. The predicted molar refractivity (Wildman–Crippen MR) is 29.2 cm³/mol. The molecule has 0 amide bonds. The van der Waals surface area contributed by atoms with Crippen molar-refractivity contribution in [3.63, 3.8) is 0 Å². The zero-order valence-corrected chi connectivity index (χ0v) is 7.59. The first-order valence-electron chi connectivity index (χ1n) is 2.65. The summed E-state index contributed by atoms with van der Waals surface area (Å²) < 4.78 is 0. The topological polar surface area (TPSA) is 23.5 Å². The van der Waals surface area contributed by atoms with Crippen LogP contribution in [0.1, 0.15) is 7.85 Å². The van der Waals surface area contributed by atoms with Gasteiger partial charge in [-0.3, -0.25) is 0 Å². The van der Waals surface area contributed by atoms with E-state index in [1.807, 2.05) is 7.05 Å². The fraction of sp³-hybridized carbons (Fsp3) is 1.00. The van der Waals surface area contributed by atoms with Gasteiger partial charge in [-0.25, -0.2) is 0 Å². The van der Waals surface area contributed by atoms with Crippen molar-refractivity contribution in [2.45, 2.75) is 12.5 Å². The van der Waals surface area contributed by atoms with E-state index >= 15 is 0 Å². The minimum Gasteiger partial charge on any atom is -1.00 e. The third-order valence-electron chi connectivity index (χ3n) is 1.37. The van der Waals surface area contributed by atoms with Crippen molar-refractivity contribution in [3.05, 3.63) is 0 Å². The standard InChI is InChI=1S/C5H11NO.Na.H/c1-6-3-2-5(7)4-6;;/h5,7H,2-4H2,1H3;;/q;+1;-1. The molecule has 1 heterocycles. The van der Waals surface area contributed by atoms with Crippen LogP contribution in [0, 0.1) is 0 Å². The van der Waals surface area contributed by atoms with Crippen LogP contribution in [0.15, 0.2) is 0 Å². The number of rotatable bonds is 0. The molecule has 1 aliphatic rings. The van der Waals surface area contributed by atoms with Gasteiger partial charge in [-0.1, -0.05) is 0 Å². The van der Waals surface area contributed by atoms with Crippen LogP contribution in [0.4, 0.5) is 0 Å². The van der Waals surface area contributed by atoms with Crippen molar-refractivity contribution in [2.24, 2.45) is 0 Å². The first-order chi connectivity index (χ1) is 3.29. The average molecular weight is 125 g/mol. The summed E-state index contributed by atoms with van der Waals surface area (Å²) in [5, 5.41) is 8.86.